The number of nitrogens with one attached hydrogen (secondary N) is 1. The summed E-state index contributed by atoms with van der Waals surface area (Å²) in [5, 5.41) is 12.3. The highest BCUT2D eigenvalue weighted by atomic mass is 19.1. The molecule has 1 aliphatic rings. The number of amides is 1. The molecule has 1 unspecified atom stereocenters. The summed E-state index contributed by atoms with van der Waals surface area (Å²) in [5.74, 6) is -0.448. The minimum atomic E-state index is -0.313. The molecule has 1 saturated heterocycles. The van der Waals surface area contributed by atoms with Gasteiger partial charge in [-0.05, 0) is 49.1 Å². The fraction of sp³-hybridized carbons (Fsp3) is 0.345. The molecule has 0 saturated carbocycles. The molecule has 2 heterocycles. The van der Waals surface area contributed by atoms with Gasteiger partial charge in [-0.15, -0.1) is 0 Å². The fourth-order valence-electron chi connectivity index (χ4n) is 4.83. The summed E-state index contributed by atoms with van der Waals surface area (Å²) in [6.45, 7) is 4.94. The second kappa shape index (κ2) is 11.2. The Balaban J connectivity index is 1.31. The average Bonchev–Trinajstić information content (AvgIpc) is 2.89. The van der Waals surface area contributed by atoms with Crippen LogP contribution in [0.4, 0.5) is 4.39 Å². The van der Waals surface area contributed by atoms with Crippen LogP contribution < -0.4 is 5.32 Å². The van der Waals surface area contributed by atoms with Gasteiger partial charge in [0, 0.05) is 49.3 Å². The molecule has 4 rings (SSSR count). The van der Waals surface area contributed by atoms with Crippen molar-refractivity contribution in [3.05, 3.63) is 89.9 Å². The fourth-order valence-corrected chi connectivity index (χ4v) is 4.83. The van der Waals surface area contributed by atoms with Crippen LogP contribution in [0.15, 0.2) is 72.9 Å². The molecule has 1 aliphatic heterocycles. The number of hydrogen-bond donors (Lipinski definition) is 1. The van der Waals surface area contributed by atoms with Crippen molar-refractivity contribution in [1.29, 1.82) is 5.26 Å². The van der Waals surface area contributed by atoms with Crippen molar-refractivity contribution in [2.24, 2.45) is 0 Å². The van der Waals surface area contributed by atoms with Crippen LogP contribution in [0.3, 0.4) is 0 Å². The second-order valence-electron chi connectivity index (χ2n) is 9.55. The molecule has 1 aromatic heterocycles. The Bertz CT molecular complexity index is 1170. The molecule has 1 N–H and O–H groups in total. The molecule has 0 radical (unpaired) electrons. The highest BCUT2D eigenvalue weighted by molar-refractivity contribution is 5.94. The molecular formula is C29H31FN4O. The Labute approximate surface area is 206 Å². The molecule has 0 spiro atoms. The quantitative estimate of drug-likeness (QED) is 0.482. The molecule has 6 heteroatoms. The number of likely N-dealkylation sites (tertiary alicyclic amines) is 1. The summed E-state index contributed by atoms with van der Waals surface area (Å²) in [5.41, 5.74) is 3.00. The molecule has 2 aromatic carbocycles. The van der Waals surface area contributed by atoms with Crippen molar-refractivity contribution < 1.29 is 9.18 Å². The lowest BCUT2D eigenvalue weighted by atomic mass is 9.77. The molecule has 1 amide bonds. The molecule has 35 heavy (non-hydrogen) atoms. The van der Waals surface area contributed by atoms with Crippen LogP contribution in [-0.4, -0.2) is 41.5 Å². The van der Waals surface area contributed by atoms with E-state index < -0.39 is 0 Å². The third kappa shape index (κ3) is 6.32. The Morgan fingerprint density at radius 1 is 1.14 bits per heavy atom. The normalized spacial score (nSPS) is 16.3. The summed E-state index contributed by atoms with van der Waals surface area (Å²) < 4.78 is 13.5. The van der Waals surface area contributed by atoms with Gasteiger partial charge >= 0.3 is 0 Å². The molecule has 3 aromatic rings. The van der Waals surface area contributed by atoms with Gasteiger partial charge in [0.15, 0.2) is 0 Å². The summed E-state index contributed by atoms with van der Waals surface area (Å²) >= 11 is 0. The standard InChI is InChI=1S/C29H31FN4O/c1-29(15-6-16-31,24-8-3-2-4-9-24)21-34-17-13-26(14-18-34)33-28(35)23-11-12-27(32-20-23)22-7-5-10-25(30)19-22/h2-5,7-12,19-20,26H,6,13-15,17-18,21H2,1H3,(H,33,35). The minimum Gasteiger partial charge on any atom is -0.349 e. The number of aromatic nitrogens is 1. The Kier molecular flexibility index (Phi) is 7.89. The highest BCUT2D eigenvalue weighted by Gasteiger charge is 2.31. The van der Waals surface area contributed by atoms with E-state index in [0.717, 1.165) is 38.9 Å². The summed E-state index contributed by atoms with van der Waals surface area (Å²) in [6.07, 6.45) is 4.66. The van der Waals surface area contributed by atoms with E-state index in [1.54, 1.807) is 30.5 Å². The van der Waals surface area contributed by atoms with Crippen molar-refractivity contribution in [2.75, 3.05) is 19.6 Å². The monoisotopic (exact) mass is 470 g/mol. The van der Waals surface area contributed by atoms with E-state index in [2.05, 4.69) is 52.5 Å². The van der Waals surface area contributed by atoms with Crippen molar-refractivity contribution in [2.45, 2.75) is 44.1 Å². The van der Waals surface area contributed by atoms with E-state index in [-0.39, 0.29) is 23.2 Å². The molecule has 0 aliphatic carbocycles. The maximum atomic E-state index is 13.5. The van der Waals surface area contributed by atoms with Crippen LogP contribution in [0.2, 0.25) is 0 Å². The zero-order valence-electron chi connectivity index (χ0n) is 20.1. The van der Waals surface area contributed by atoms with Gasteiger partial charge in [0.1, 0.15) is 5.82 Å². The van der Waals surface area contributed by atoms with E-state index in [9.17, 15) is 9.18 Å². The lowest BCUT2D eigenvalue weighted by Crippen LogP contribution is -2.48. The number of hydrogen-bond acceptors (Lipinski definition) is 4. The largest absolute Gasteiger partial charge is 0.349 e. The molecule has 1 atom stereocenters. The third-order valence-electron chi connectivity index (χ3n) is 6.90. The predicted octanol–water partition coefficient (Wildman–Crippen LogP) is 5.34. The third-order valence-corrected chi connectivity index (χ3v) is 6.90. The van der Waals surface area contributed by atoms with E-state index in [1.807, 2.05) is 6.07 Å². The summed E-state index contributed by atoms with van der Waals surface area (Å²) in [6, 6.07) is 22.6. The maximum Gasteiger partial charge on any atom is 0.253 e. The number of nitriles is 1. The van der Waals surface area contributed by atoms with Crippen LogP contribution >= 0.6 is 0 Å². The molecule has 1 fully saturated rings. The van der Waals surface area contributed by atoms with E-state index in [4.69, 9.17) is 5.26 Å². The van der Waals surface area contributed by atoms with Crippen molar-refractivity contribution in [3.63, 3.8) is 0 Å². The second-order valence-corrected chi connectivity index (χ2v) is 9.55. The molecular weight excluding hydrogens is 439 g/mol. The summed E-state index contributed by atoms with van der Waals surface area (Å²) in [7, 11) is 0. The SMILES string of the molecule is CC(CCC#N)(CN1CCC(NC(=O)c2ccc(-c3cccc(F)c3)nc2)CC1)c1ccccc1. The topological polar surface area (TPSA) is 69.0 Å². The first-order valence-electron chi connectivity index (χ1n) is 12.1. The first-order valence-corrected chi connectivity index (χ1v) is 12.1. The van der Waals surface area contributed by atoms with E-state index in [0.29, 0.717) is 23.2 Å². The van der Waals surface area contributed by atoms with Gasteiger partial charge < -0.3 is 10.2 Å². The number of carbonyl (C=O) groups excluding carboxylic acids is 1. The number of halogens is 1. The van der Waals surface area contributed by atoms with Crippen molar-refractivity contribution in [1.82, 2.24) is 15.2 Å². The van der Waals surface area contributed by atoms with Gasteiger partial charge in [-0.25, -0.2) is 4.39 Å². The van der Waals surface area contributed by atoms with Crippen LogP contribution in [-0.2, 0) is 5.41 Å². The van der Waals surface area contributed by atoms with Gasteiger partial charge in [-0.3, -0.25) is 9.78 Å². The Morgan fingerprint density at radius 2 is 1.91 bits per heavy atom. The number of carbonyl (C=O) groups is 1. The number of nitrogens with zero attached hydrogens (tertiary/aromatic N) is 3. The number of piperidine rings is 1. The lowest BCUT2D eigenvalue weighted by Gasteiger charge is -2.39. The summed E-state index contributed by atoms with van der Waals surface area (Å²) in [4.78, 5) is 19.6. The van der Waals surface area contributed by atoms with Crippen molar-refractivity contribution >= 4 is 5.91 Å². The number of benzene rings is 2. The van der Waals surface area contributed by atoms with Crippen LogP contribution in [0.25, 0.3) is 11.3 Å². The van der Waals surface area contributed by atoms with Crippen LogP contribution in [0.1, 0.15) is 48.5 Å². The zero-order chi connectivity index (χ0) is 24.7. The smallest absolute Gasteiger partial charge is 0.253 e. The van der Waals surface area contributed by atoms with Gasteiger partial charge in [-0.1, -0.05) is 49.4 Å². The van der Waals surface area contributed by atoms with Gasteiger partial charge in [0.05, 0.1) is 17.3 Å². The molecule has 5 nitrogen and oxygen atoms in total. The van der Waals surface area contributed by atoms with E-state index in [1.165, 1.54) is 17.7 Å². The molecule has 180 valence electrons. The maximum absolute atomic E-state index is 13.5. The predicted molar refractivity (Wildman–Crippen MR) is 135 cm³/mol. The highest BCUT2D eigenvalue weighted by Crippen LogP contribution is 2.31. The van der Waals surface area contributed by atoms with Crippen LogP contribution in [0.5, 0.6) is 0 Å². The van der Waals surface area contributed by atoms with Gasteiger partial charge in [0.25, 0.3) is 5.91 Å². The van der Waals surface area contributed by atoms with Crippen molar-refractivity contribution in [3.8, 4) is 17.3 Å². The minimum absolute atomic E-state index is 0.0812. The Morgan fingerprint density at radius 3 is 2.57 bits per heavy atom. The number of pyridine rings is 1. The first-order chi connectivity index (χ1) is 17.0. The van der Waals surface area contributed by atoms with Gasteiger partial charge in [0.2, 0.25) is 0 Å². The average molecular weight is 471 g/mol. The van der Waals surface area contributed by atoms with Crippen LogP contribution in [0, 0.1) is 17.1 Å². The Hall–Kier alpha value is -3.56. The number of rotatable bonds is 8. The zero-order valence-corrected chi connectivity index (χ0v) is 20.1. The van der Waals surface area contributed by atoms with Gasteiger partial charge in [-0.2, -0.15) is 5.26 Å². The molecule has 0 bridgehead atoms. The van der Waals surface area contributed by atoms with E-state index >= 15 is 0 Å². The first kappa shape index (κ1) is 24.6. The lowest BCUT2D eigenvalue weighted by molar-refractivity contribution is 0.0901.